The van der Waals surface area contributed by atoms with Gasteiger partial charge in [0.25, 0.3) is 0 Å². The van der Waals surface area contributed by atoms with E-state index in [2.05, 4.69) is 11.2 Å². The summed E-state index contributed by atoms with van der Waals surface area (Å²) in [6.45, 7) is 2.02. The number of carboxylic acids is 1. The predicted molar refractivity (Wildman–Crippen MR) is 85.5 cm³/mol. The molecular weight excluding hydrogens is 292 g/mol. The molecule has 0 fully saturated rings. The number of benzene rings is 2. The van der Waals surface area contributed by atoms with Gasteiger partial charge in [-0.25, -0.2) is 9.80 Å². The van der Waals surface area contributed by atoms with Gasteiger partial charge >= 0.3 is 5.97 Å². The Morgan fingerprint density at radius 3 is 2.70 bits per heavy atom. The first-order valence-corrected chi connectivity index (χ1v) is 7.55. The molecule has 2 aliphatic heterocycles. The summed E-state index contributed by atoms with van der Waals surface area (Å²) in [6, 6.07) is 15.0. The van der Waals surface area contributed by atoms with Crippen molar-refractivity contribution in [3.63, 3.8) is 0 Å². The SMILES string of the molecule is CC1=NN2[C@H](C1)c1ccccc1O[C@@H]2c1ccc(C(=O)O)cc1. The Kier molecular flexibility index (Phi) is 3.08. The first-order valence-electron chi connectivity index (χ1n) is 7.55. The minimum Gasteiger partial charge on any atom is -0.478 e. The fourth-order valence-corrected chi connectivity index (χ4v) is 3.20. The first-order chi connectivity index (χ1) is 11.1. The number of ether oxygens (including phenoxy) is 1. The minimum absolute atomic E-state index is 0.170. The summed E-state index contributed by atoms with van der Waals surface area (Å²) in [5.74, 6) is -0.0645. The van der Waals surface area contributed by atoms with Crippen molar-refractivity contribution in [2.24, 2.45) is 5.10 Å². The molecule has 0 spiro atoms. The zero-order valence-corrected chi connectivity index (χ0v) is 12.6. The number of hydrogen-bond acceptors (Lipinski definition) is 4. The molecule has 0 aromatic heterocycles. The zero-order chi connectivity index (χ0) is 16.0. The van der Waals surface area contributed by atoms with Gasteiger partial charge in [0.1, 0.15) is 5.75 Å². The average molecular weight is 308 g/mol. The minimum atomic E-state index is -0.931. The normalized spacial score (nSPS) is 22.0. The maximum Gasteiger partial charge on any atom is 0.335 e. The van der Waals surface area contributed by atoms with Crippen LogP contribution >= 0.6 is 0 Å². The molecule has 0 bridgehead atoms. The van der Waals surface area contributed by atoms with Gasteiger partial charge in [0.15, 0.2) is 0 Å². The fraction of sp³-hybridized carbons (Fsp3) is 0.222. The van der Waals surface area contributed by atoms with Crippen molar-refractivity contribution < 1.29 is 14.6 Å². The van der Waals surface area contributed by atoms with Gasteiger partial charge < -0.3 is 9.84 Å². The summed E-state index contributed by atoms with van der Waals surface area (Å²) >= 11 is 0. The first kappa shape index (κ1) is 13.8. The van der Waals surface area contributed by atoms with Gasteiger partial charge in [0.05, 0.1) is 11.6 Å². The number of carboxylic acid groups (broad SMARTS) is 1. The van der Waals surface area contributed by atoms with E-state index < -0.39 is 5.97 Å². The molecule has 5 nitrogen and oxygen atoms in total. The number of hydrogen-bond donors (Lipinski definition) is 1. The number of para-hydroxylation sites is 1. The van der Waals surface area contributed by atoms with E-state index in [0.29, 0.717) is 0 Å². The van der Waals surface area contributed by atoms with Crippen molar-refractivity contribution in [2.45, 2.75) is 25.6 Å². The Hall–Kier alpha value is -2.82. The van der Waals surface area contributed by atoms with E-state index in [0.717, 1.165) is 29.0 Å². The van der Waals surface area contributed by atoms with Crippen LogP contribution in [0.15, 0.2) is 53.6 Å². The van der Waals surface area contributed by atoms with Crippen LogP contribution in [-0.4, -0.2) is 21.8 Å². The van der Waals surface area contributed by atoms with Gasteiger partial charge in [-0.2, -0.15) is 5.10 Å². The van der Waals surface area contributed by atoms with E-state index in [4.69, 9.17) is 9.84 Å². The molecule has 2 heterocycles. The lowest BCUT2D eigenvalue weighted by molar-refractivity contribution is -0.0190. The van der Waals surface area contributed by atoms with Crippen LogP contribution in [0.3, 0.4) is 0 Å². The third kappa shape index (κ3) is 2.25. The van der Waals surface area contributed by atoms with E-state index in [1.807, 2.05) is 30.1 Å². The Bertz CT molecular complexity index is 798. The highest BCUT2D eigenvalue weighted by Gasteiger charge is 2.39. The zero-order valence-electron chi connectivity index (χ0n) is 12.6. The summed E-state index contributed by atoms with van der Waals surface area (Å²) in [4.78, 5) is 11.0. The highest BCUT2D eigenvalue weighted by atomic mass is 16.5. The van der Waals surface area contributed by atoms with Crippen LogP contribution in [0.25, 0.3) is 0 Å². The summed E-state index contributed by atoms with van der Waals surface area (Å²) in [5.41, 5.74) is 3.38. The quantitative estimate of drug-likeness (QED) is 0.921. The van der Waals surface area contributed by atoms with Gasteiger partial charge in [-0.1, -0.05) is 30.3 Å². The predicted octanol–water partition coefficient (Wildman–Crippen LogP) is 3.60. The molecule has 0 saturated heterocycles. The standard InChI is InChI=1S/C18H16N2O3/c1-11-10-15-14-4-2-3-5-16(14)23-17(20(15)19-11)12-6-8-13(9-7-12)18(21)22/h2-9,15,17H,10H2,1H3,(H,21,22)/t15-,17-/m1/s1. The number of carbonyl (C=O) groups is 1. The molecule has 116 valence electrons. The molecule has 23 heavy (non-hydrogen) atoms. The number of rotatable bonds is 2. The summed E-state index contributed by atoms with van der Waals surface area (Å²) in [6.07, 6.45) is 0.541. The van der Waals surface area contributed by atoms with Crippen LogP contribution in [0.2, 0.25) is 0 Å². The lowest BCUT2D eigenvalue weighted by Gasteiger charge is -2.38. The molecule has 2 atom stereocenters. The molecular formula is C18H16N2O3. The van der Waals surface area contributed by atoms with Crippen LogP contribution in [-0.2, 0) is 0 Å². The molecule has 0 amide bonds. The van der Waals surface area contributed by atoms with E-state index in [9.17, 15) is 4.79 Å². The van der Waals surface area contributed by atoms with Crippen LogP contribution in [0.4, 0.5) is 0 Å². The van der Waals surface area contributed by atoms with Gasteiger partial charge in [-0.3, -0.25) is 0 Å². The average Bonchev–Trinajstić information content (AvgIpc) is 2.96. The molecule has 5 heteroatoms. The number of hydrazone groups is 1. The van der Waals surface area contributed by atoms with Crippen LogP contribution in [0.5, 0.6) is 5.75 Å². The van der Waals surface area contributed by atoms with Gasteiger partial charge in [-0.15, -0.1) is 0 Å². The summed E-state index contributed by atoms with van der Waals surface area (Å²) in [7, 11) is 0. The van der Waals surface area contributed by atoms with Crippen molar-refractivity contribution in [1.29, 1.82) is 0 Å². The van der Waals surface area contributed by atoms with E-state index >= 15 is 0 Å². The van der Waals surface area contributed by atoms with Gasteiger partial charge in [0.2, 0.25) is 6.23 Å². The molecule has 0 radical (unpaired) electrons. The maximum absolute atomic E-state index is 11.0. The second kappa shape index (κ2) is 5.12. The molecule has 1 N–H and O–H groups in total. The van der Waals surface area contributed by atoms with Crippen LogP contribution < -0.4 is 4.74 Å². The topological polar surface area (TPSA) is 62.1 Å². The Morgan fingerprint density at radius 2 is 1.96 bits per heavy atom. The number of aromatic carboxylic acids is 1. The lowest BCUT2D eigenvalue weighted by Crippen LogP contribution is -2.33. The third-order valence-corrected chi connectivity index (χ3v) is 4.29. The molecule has 0 saturated carbocycles. The highest BCUT2D eigenvalue weighted by Crippen LogP contribution is 2.46. The van der Waals surface area contributed by atoms with Crippen molar-refractivity contribution in [2.75, 3.05) is 0 Å². The second-order valence-corrected chi connectivity index (χ2v) is 5.87. The maximum atomic E-state index is 11.0. The molecule has 2 aliphatic rings. The Morgan fingerprint density at radius 1 is 1.22 bits per heavy atom. The second-order valence-electron chi connectivity index (χ2n) is 5.87. The third-order valence-electron chi connectivity index (χ3n) is 4.29. The smallest absolute Gasteiger partial charge is 0.335 e. The van der Waals surface area contributed by atoms with E-state index in [-0.39, 0.29) is 17.8 Å². The Labute approximate surface area is 133 Å². The molecule has 0 unspecified atom stereocenters. The molecule has 4 rings (SSSR count). The van der Waals surface area contributed by atoms with Gasteiger partial charge in [0, 0.05) is 23.3 Å². The monoisotopic (exact) mass is 308 g/mol. The van der Waals surface area contributed by atoms with Crippen molar-refractivity contribution in [3.8, 4) is 5.75 Å². The summed E-state index contributed by atoms with van der Waals surface area (Å²) in [5, 5.41) is 15.7. The van der Waals surface area contributed by atoms with Crippen molar-refractivity contribution in [3.05, 3.63) is 65.2 Å². The Balaban J connectivity index is 1.75. The van der Waals surface area contributed by atoms with Crippen molar-refractivity contribution in [1.82, 2.24) is 5.01 Å². The largest absolute Gasteiger partial charge is 0.478 e. The van der Waals surface area contributed by atoms with Crippen LogP contribution in [0, 0.1) is 0 Å². The van der Waals surface area contributed by atoms with Crippen molar-refractivity contribution >= 4 is 11.7 Å². The molecule has 0 aliphatic carbocycles. The summed E-state index contributed by atoms with van der Waals surface area (Å²) < 4.78 is 6.15. The molecule has 2 aromatic rings. The van der Waals surface area contributed by atoms with Gasteiger partial charge in [-0.05, 0) is 25.1 Å². The molecule has 2 aromatic carbocycles. The number of fused-ring (bicyclic) bond motifs is 3. The lowest BCUT2D eigenvalue weighted by atomic mass is 9.98. The number of nitrogens with zero attached hydrogens (tertiary/aromatic N) is 2. The van der Waals surface area contributed by atoms with Crippen LogP contribution in [0.1, 0.15) is 47.1 Å². The van der Waals surface area contributed by atoms with E-state index in [1.165, 1.54) is 0 Å². The van der Waals surface area contributed by atoms with E-state index in [1.54, 1.807) is 24.3 Å². The highest BCUT2D eigenvalue weighted by molar-refractivity contribution is 5.87. The fourth-order valence-electron chi connectivity index (χ4n) is 3.20.